The van der Waals surface area contributed by atoms with E-state index in [1.807, 2.05) is 6.08 Å². The van der Waals surface area contributed by atoms with E-state index in [1.165, 1.54) is 11.1 Å². The van der Waals surface area contributed by atoms with Gasteiger partial charge in [-0.15, -0.1) is 0 Å². The van der Waals surface area contributed by atoms with Gasteiger partial charge in [0.1, 0.15) is 0 Å². The Labute approximate surface area is 165 Å². The van der Waals surface area contributed by atoms with Crippen LogP contribution in [0.2, 0.25) is 18.1 Å². The monoisotopic (exact) mass is 390 g/mol. The van der Waals surface area contributed by atoms with E-state index in [0.29, 0.717) is 17.2 Å². The molecule has 1 aliphatic carbocycles. The van der Waals surface area contributed by atoms with Gasteiger partial charge in [-0.2, -0.15) is 0 Å². The molecule has 0 amide bonds. The van der Waals surface area contributed by atoms with E-state index in [0.717, 1.165) is 18.4 Å². The van der Waals surface area contributed by atoms with Gasteiger partial charge < -0.3 is 18.6 Å². The van der Waals surface area contributed by atoms with Crippen molar-refractivity contribution >= 4 is 8.32 Å². The number of benzene rings is 1. The number of ether oxygens (including phenoxy) is 3. The number of hydrogen-bond acceptors (Lipinski definition) is 4. The van der Waals surface area contributed by atoms with Gasteiger partial charge in [0.2, 0.25) is 5.75 Å². The molecule has 5 heteroatoms. The first-order valence-electron chi connectivity index (χ1n) is 9.42. The van der Waals surface area contributed by atoms with Gasteiger partial charge in [0.25, 0.3) is 0 Å². The standard InChI is InChI=1S/C22H34O4Si/c1-10-15-11-12-16-14-18(23-5)20(24-6)21(25-7)19(16)17(13-15)26-27(8,9)22(2,3)4/h10,13-14,17H,1,11-12H2,2-9H3. The van der Waals surface area contributed by atoms with Crippen LogP contribution in [-0.2, 0) is 10.8 Å². The summed E-state index contributed by atoms with van der Waals surface area (Å²) >= 11 is 0. The van der Waals surface area contributed by atoms with Crippen molar-refractivity contribution in [3.8, 4) is 17.2 Å². The SMILES string of the molecule is C=CC1=CC(O[Si](C)(C)C(C)(C)C)c2c(cc(OC)c(OC)c2OC)CC1. The summed E-state index contributed by atoms with van der Waals surface area (Å²) in [6.45, 7) is 15.3. The van der Waals surface area contributed by atoms with Crippen LogP contribution in [0.5, 0.6) is 17.2 Å². The summed E-state index contributed by atoms with van der Waals surface area (Å²) in [5, 5.41) is 0.103. The molecule has 1 atom stereocenters. The summed E-state index contributed by atoms with van der Waals surface area (Å²) in [6, 6.07) is 2.05. The second kappa shape index (κ2) is 8.11. The highest BCUT2D eigenvalue weighted by Crippen LogP contribution is 2.49. The van der Waals surface area contributed by atoms with E-state index in [9.17, 15) is 0 Å². The summed E-state index contributed by atoms with van der Waals surface area (Å²) < 4.78 is 23.8. The molecule has 2 rings (SSSR count). The Balaban J connectivity index is 2.70. The second-order valence-electron chi connectivity index (χ2n) is 8.46. The van der Waals surface area contributed by atoms with E-state index >= 15 is 0 Å². The van der Waals surface area contributed by atoms with Crippen LogP contribution in [0.4, 0.5) is 0 Å². The summed E-state index contributed by atoms with van der Waals surface area (Å²) in [5.74, 6) is 1.98. The molecule has 0 aromatic heterocycles. The summed E-state index contributed by atoms with van der Waals surface area (Å²) in [4.78, 5) is 0. The molecule has 0 spiro atoms. The number of methoxy groups -OCH3 is 3. The lowest BCUT2D eigenvalue weighted by Crippen LogP contribution is -2.41. The Kier molecular flexibility index (Phi) is 6.48. The maximum atomic E-state index is 6.84. The van der Waals surface area contributed by atoms with Crippen LogP contribution in [0.3, 0.4) is 0 Å². The third-order valence-electron chi connectivity index (χ3n) is 5.78. The van der Waals surface area contributed by atoms with Crippen molar-refractivity contribution in [3.05, 3.63) is 41.5 Å². The minimum absolute atomic E-state index is 0.103. The molecule has 0 radical (unpaired) electrons. The molecule has 0 fully saturated rings. The first-order valence-corrected chi connectivity index (χ1v) is 12.3. The highest BCUT2D eigenvalue weighted by Gasteiger charge is 2.41. The summed E-state index contributed by atoms with van der Waals surface area (Å²) in [7, 11) is 2.94. The van der Waals surface area contributed by atoms with E-state index in [4.69, 9.17) is 18.6 Å². The van der Waals surface area contributed by atoms with Crippen molar-refractivity contribution in [2.75, 3.05) is 21.3 Å². The molecule has 0 N–H and O–H groups in total. The molecule has 27 heavy (non-hydrogen) atoms. The van der Waals surface area contributed by atoms with Crippen molar-refractivity contribution in [1.82, 2.24) is 0 Å². The van der Waals surface area contributed by atoms with Crippen LogP contribution < -0.4 is 14.2 Å². The molecule has 0 heterocycles. The smallest absolute Gasteiger partial charge is 0.203 e. The Morgan fingerprint density at radius 2 is 1.67 bits per heavy atom. The van der Waals surface area contributed by atoms with Crippen LogP contribution in [0, 0.1) is 0 Å². The lowest BCUT2D eigenvalue weighted by atomic mass is 9.98. The maximum absolute atomic E-state index is 6.84. The van der Waals surface area contributed by atoms with E-state index in [2.05, 4.69) is 52.6 Å². The minimum Gasteiger partial charge on any atom is -0.493 e. The van der Waals surface area contributed by atoms with E-state index in [1.54, 1.807) is 21.3 Å². The zero-order valence-corrected chi connectivity index (χ0v) is 19.1. The average Bonchev–Trinajstić information content (AvgIpc) is 2.77. The van der Waals surface area contributed by atoms with Gasteiger partial charge in [0, 0.05) is 5.56 Å². The Morgan fingerprint density at radius 3 is 2.15 bits per heavy atom. The average molecular weight is 391 g/mol. The molecule has 1 aromatic carbocycles. The van der Waals surface area contributed by atoms with Crippen LogP contribution in [0.1, 0.15) is 44.4 Å². The van der Waals surface area contributed by atoms with Crippen LogP contribution in [0.25, 0.3) is 0 Å². The normalized spacial score (nSPS) is 17.5. The second-order valence-corrected chi connectivity index (χ2v) is 13.2. The van der Waals surface area contributed by atoms with Crippen molar-refractivity contribution in [2.45, 2.75) is 57.8 Å². The molecule has 0 bridgehead atoms. The highest BCUT2D eigenvalue weighted by atomic mass is 28.4. The van der Waals surface area contributed by atoms with Crippen molar-refractivity contribution < 1.29 is 18.6 Å². The van der Waals surface area contributed by atoms with E-state index in [-0.39, 0.29) is 11.1 Å². The molecule has 1 aliphatic rings. The molecule has 0 saturated heterocycles. The number of hydrogen-bond donors (Lipinski definition) is 0. The Morgan fingerprint density at radius 1 is 1.04 bits per heavy atom. The number of aryl methyl sites for hydroxylation is 1. The van der Waals surface area contributed by atoms with E-state index < -0.39 is 8.32 Å². The maximum Gasteiger partial charge on any atom is 0.203 e. The first kappa shape index (κ1) is 21.6. The molecular formula is C22H34O4Si. The van der Waals surface area contributed by atoms with Gasteiger partial charge in [-0.1, -0.05) is 33.4 Å². The number of rotatable bonds is 6. The van der Waals surface area contributed by atoms with Crippen molar-refractivity contribution in [2.24, 2.45) is 0 Å². The quantitative estimate of drug-likeness (QED) is 0.572. The van der Waals surface area contributed by atoms with Gasteiger partial charge >= 0.3 is 0 Å². The van der Waals surface area contributed by atoms with Crippen LogP contribution >= 0.6 is 0 Å². The largest absolute Gasteiger partial charge is 0.493 e. The predicted octanol–water partition coefficient (Wildman–Crippen LogP) is 5.83. The summed E-state index contributed by atoms with van der Waals surface area (Å²) in [6.07, 6.45) is 5.70. The molecular weight excluding hydrogens is 356 g/mol. The molecule has 150 valence electrons. The highest BCUT2D eigenvalue weighted by molar-refractivity contribution is 6.74. The van der Waals surface area contributed by atoms with Gasteiger partial charge in [-0.25, -0.2) is 0 Å². The predicted molar refractivity (Wildman–Crippen MR) is 114 cm³/mol. The van der Waals surface area contributed by atoms with Crippen LogP contribution in [-0.4, -0.2) is 29.6 Å². The Hall–Kier alpha value is -1.72. The molecule has 0 saturated carbocycles. The van der Waals surface area contributed by atoms with Gasteiger partial charge in [0.05, 0.1) is 27.4 Å². The third-order valence-corrected chi connectivity index (χ3v) is 10.2. The topological polar surface area (TPSA) is 36.9 Å². The number of fused-ring (bicyclic) bond motifs is 1. The minimum atomic E-state index is -2.02. The number of allylic oxidation sites excluding steroid dienone is 2. The van der Waals surface area contributed by atoms with Gasteiger partial charge in [-0.3, -0.25) is 0 Å². The van der Waals surface area contributed by atoms with Gasteiger partial charge in [-0.05, 0) is 54.3 Å². The lowest BCUT2D eigenvalue weighted by Gasteiger charge is -2.39. The summed E-state index contributed by atoms with van der Waals surface area (Å²) in [5.41, 5.74) is 3.40. The fourth-order valence-corrected chi connectivity index (χ4v) is 4.32. The Bertz CT molecular complexity index is 729. The fraction of sp³-hybridized carbons (Fsp3) is 0.545. The molecule has 1 unspecified atom stereocenters. The van der Waals surface area contributed by atoms with Crippen molar-refractivity contribution in [3.63, 3.8) is 0 Å². The zero-order chi connectivity index (χ0) is 20.4. The van der Waals surface area contributed by atoms with Crippen molar-refractivity contribution in [1.29, 1.82) is 0 Å². The first-order chi connectivity index (χ1) is 12.6. The molecule has 1 aromatic rings. The lowest BCUT2D eigenvalue weighted by molar-refractivity contribution is 0.221. The molecule has 4 nitrogen and oxygen atoms in total. The fourth-order valence-electron chi connectivity index (χ4n) is 3.15. The van der Waals surface area contributed by atoms with Gasteiger partial charge in [0.15, 0.2) is 19.8 Å². The molecule has 0 aliphatic heterocycles. The zero-order valence-electron chi connectivity index (χ0n) is 18.1. The van der Waals surface area contributed by atoms with Crippen LogP contribution in [0.15, 0.2) is 30.4 Å². The third kappa shape index (κ3) is 4.24.